The molecule has 1 aromatic carbocycles. The molecule has 1 aromatic rings. The van der Waals surface area contributed by atoms with E-state index in [2.05, 4.69) is 6.08 Å². The van der Waals surface area contributed by atoms with E-state index >= 15 is 0 Å². The average molecular weight is 396 g/mol. The number of rotatable bonds is 8. The number of allylic oxidation sites excluding steroid dienone is 4. The van der Waals surface area contributed by atoms with E-state index in [1.54, 1.807) is 18.2 Å². The molecular weight excluding hydrogens is 361 g/mol. The molecule has 0 unspecified atom stereocenters. The molecule has 0 radical (unpaired) electrons. The summed E-state index contributed by atoms with van der Waals surface area (Å²) in [5, 5.41) is 8.45. The van der Waals surface area contributed by atoms with Crippen molar-refractivity contribution in [1.29, 1.82) is 5.26 Å². The van der Waals surface area contributed by atoms with Gasteiger partial charge in [0.25, 0.3) is 0 Å². The number of nitriles is 1. The Kier molecular flexibility index (Phi) is 8.96. The van der Waals surface area contributed by atoms with Crippen LogP contribution in [0.1, 0.15) is 75.7 Å². The molecule has 156 valence electrons. The highest BCUT2D eigenvalue weighted by atomic mass is 19.1. The fourth-order valence-electron chi connectivity index (χ4n) is 4.86. The molecule has 0 saturated heterocycles. The molecule has 2 aliphatic rings. The van der Waals surface area contributed by atoms with Crippen molar-refractivity contribution in [1.82, 2.24) is 0 Å². The molecule has 2 nitrogen and oxygen atoms in total. The minimum absolute atomic E-state index is 0.144. The van der Waals surface area contributed by atoms with Crippen LogP contribution in [0.5, 0.6) is 0 Å². The van der Waals surface area contributed by atoms with Gasteiger partial charge in [0.2, 0.25) is 0 Å². The van der Waals surface area contributed by atoms with Gasteiger partial charge in [-0.15, -0.1) is 0 Å². The van der Waals surface area contributed by atoms with Crippen LogP contribution in [0.25, 0.3) is 0 Å². The lowest BCUT2D eigenvalue weighted by atomic mass is 9.79. The molecule has 0 N–H and O–H groups in total. The number of benzene rings is 1. The van der Waals surface area contributed by atoms with E-state index in [1.165, 1.54) is 69.4 Å². The lowest BCUT2D eigenvalue weighted by molar-refractivity contribution is -0.00824. The van der Waals surface area contributed by atoms with Crippen LogP contribution < -0.4 is 0 Å². The Bertz CT molecular complexity index is 686. The van der Waals surface area contributed by atoms with Crippen molar-refractivity contribution >= 4 is 0 Å². The van der Waals surface area contributed by atoms with Crippen LogP contribution in [0.3, 0.4) is 0 Å². The van der Waals surface area contributed by atoms with Gasteiger partial charge >= 0.3 is 0 Å². The highest BCUT2D eigenvalue weighted by Crippen LogP contribution is 2.37. The topological polar surface area (TPSA) is 33.0 Å². The fraction of sp³-hybridized carbons (Fsp3) is 0.577. The summed E-state index contributed by atoms with van der Waals surface area (Å²) in [6.07, 6.45) is 20.1. The maximum Gasteiger partial charge on any atom is 0.123 e. The molecule has 2 aliphatic carbocycles. The third-order valence-electron chi connectivity index (χ3n) is 6.71. The second-order valence-electron chi connectivity index (χ2n) is 8.74. The highest BCUT2D eigenvalue weighted by Gasteiger charge is 2.25. The lowest BCUT2D eigenvalue weighted by Crippen LogP contribution is -2.25. The third kappa shape index (κ3) is 7.44. The SMILES string of the molecule is N#CC=CC=CCCC1CCC(OCC2CCC(c3ccc(F)cc3)CC2)CC1. The number of ether oxygens (including phenoxy) is 1. The minimum Gasteiger partial charge on any atom is -0.378 e. The van der Waals surface area contributed by atoms with Gasteiger partial charge in [0.1, 0.15) is 5.82 Å². The van der Waals surface area contributed by atoms with E-state index in [4.69, 9.17) is 10.00 Å². The van der Waals surface area contributed by atoms with Crippen molar-refractivity contribution in [3.8, 4) is 6.07 Å². The summed E-state index contributed by atoms with van der Waals surface area (Å²) in [5.74, 6) is 1.96. The van der Waals surface area contributed by atoms with E-state index in [1.807, 2.05) is 24.3 Å². The van der Waals surface area contributed by atoms with E-state index in [0.717, 1.165) is 18.9 Å². The summed E-state index contributed by atoms with van der Waals surface area (Å²) in [6, 6.07) is 9.08. The van der Waals surface area contributed by atoms with Crippen molar-refractivity contribution < 1.29 is 9.13 Å². The highest BCUT2D eigenvalue weighted by molar-refractivity contribution is 5.20. The smallest absolute Gasteiger partial charge is 0.123 e. The minimum atomic E-state index is -0.144. The van der Waals surface area contributed by atoms with E-state index in [-0.39, 0.29) is 5.82 Å². The summed E-state index contributed by atoms with van der Waals surface area (Å²) >= 11 is 0. The first-order valence-corrected chi connectivity index (χ1v) is 11.3. The normalized spacial score (nSPS) is 28.0. The van der Waals surface area contributed by atoms with Gasteiger partial charge in [-0.25, -0.2) is 4.39 Å². The van der Waals surface area contributed by atoms with Crippen LogP contribution in [0, 0.1) is 29.0 Å². The molecule has 0 heterocycles. The summed E-state index contributed by atoms with van der Waals surface area (Å²) in [7, 11) is 0. The van der Waals surface area contributed by atoms with Crippen LogP contribution in [0.4, 0.5) is 4.39 Å². The molecule has 3 rings (SSSR count). The predicted molar refractivity (Wildman–Crippen MR) is 116 cm³/mol. The summed E-state index contributed by atoms with van der Waals surface area (Å²) in [4.78, 5) is 0. The Labute approximate surface area is 175 Å². The zero-order valence-corrected chi connectivity index (χ0v) is 17.4. The van der Waals surface area contributed by atoms with Crippen LogP contribution in [-0.4, -0.2) is 12.7 Å². The first-order valence-electron chi connectivity index (χ1n) is 11.3. The van der Waals surface area contributed by atoms with Gasteiger partial charge in [-0.2, -0.15) is 5.26 Å². The first-order chi connectivity index (χ1) is 14.2. The van der Waals surface area contributed by atoms with Crippen LogP contribution >= 0.6 is 0 Å². The Balaban J connectivity index is 1.27. The molecule has 3 heteroatoms. The second-order valence-corrected chi connectivity index (χ2v) is 8.74. The maximum atomic E-state index is 13.1. The van der Waals surface area contributed by atoms with Crippen molar-refractivity contribution in [3.05, 3.63) is 60.0 Å². The van der Waals surface area contributed by atoms with E-state index in [0.29, 0.717) is 17.9 Å². The van der Waals surface area contributed by atoms with E-state index in [9.17, 15) is 4.39 Å². The van der Waals surface area contributed by atoms with Crippen LogP contribution in [0.2, 0.25) is 0 Å². The largest absolute Gasteiger partial charge is 0.378 e. The van der Waals surface area contributed by atoms with Gasteiger partial charge in [-0.05, 0) is 99.7 Å². The monoisotopic (exact) mass is 395 g/mol. The predicted octanol–water partition coefficient (Wildman–Crippen LogP) is 7.09. The Morgan fingerprint density at radius 2 is 1.62 bits per heavy atom. The fourth-order valence-corrected chi connectivity index (χ4v) is 4.86. The molecule has 0 aliphatic heterocycles. The summed E-state index contributed by atoms with van der Waals surface area (Å²) < 4.78 is 19.4. The van der Waals surface area contributed by atoms with Crippen LogP contribution in [-0.2, 0) is 4.74 Å². The molecule has 0 amide bonds. The third-order valence-corrected chi connectivity index (χ3v) is 6.71. The molecular formula is C26H34FNO. The molecule has 0 aromatic heterocycles. The number of halogens is 1. The van der Waals surface area contributed by atoms with Gasteiger partial charge in [-0.3, -0.25) is 0 Å². The summed E-state index contributed by atoms with van der Waals surface area (Å²) in [5.41, 5.74) is 1.29. The van der Waals surface area contributed by atoms with Gasteiger partial charge in [0.05, 0.1) is 12.2 Å². The van der Waals surface area contributed by atoms with Gasteiger partial charge < -0.3 is 4.74 Å². The Hall–Kier alpha value is -1.92. The van der Waals surface area contributed by atoms with Crippen molar-refractivity contribution in [2.45, 2.75) is 76.2 Å². The van der Waals surface area contributed by atoms with Crippen LogP contribution in [0.15, 0.2) is 48.6 Å². The van der Waals surface area contributed by atoms with Crippen molar-refractivity contribution in [2.75, 3.05) is 6.61 Å². The first kappa shape index (κ1) is 21.8. The Morgan fingerprint density at radius 1 is 0.931 bits per heavy atom. The zero-order chi connectivity index (χ0) is 20.3. The average Bonchev–Trinajstić information content (AvgIpc) is 2.76. The molecule has 2 fully saturated rings. The van der Waals surface area contributed by atoms with Gasteiger partial charge in [-0.1, -0.05) is 30.4 Å². The second kappa shape index (κ2) is 11.9. The maximum absolute atomic E-state index is 13.1. The van der Waals surface area contributed by atoms with E-state index < -0.39 is 0 Å². The lowest BCUT2D eigenvalue weighted by Gasteiger charge is -2.32. The van der Waals surface area contributed by atoms with Crippen molar-refractivity contribution in [3.63, 3.8) is 0 Å². The zero-order valence-electron chi connectivity index (χ0n) is 17.4. The Morgan fingerprint density at radius 3 is 2.31 bits per heavy atom. The standard InChI is InChI=1S/C26H34FNO/c27-25-15-13-24(14-16-25)23-11-7-22(8-12-23)20-29-26-17-9-21(10-18-26)6-4-2-1-3-5-19-28/h1-3,5,13-16,21-23,26H,4,6-12,17-18,20H2. The molecule has 2 saturated carbocycles. The number of hydrogen-bond acceptors (Lipinski definition) is 2. The molecule has 0 spiro atoms. The van der Waals surface area contributed by atoms with Gasteiger partial charge in [0.15, 0.2) is 0 Å². The summed E-state index contributed by atoms with van der Waals surface area (Å²) in [6.45, 7) is 0.916. The molecule has 29 heavy (non-hydrogen) atoms. The van der Waals surface area contributed by atoms with Crippen molar-refractivity contribution in [2.24, 2.45) is 11.8 Å². The van der Waals surface area contributed by atoms with Gasteiger partial charge in [0, 0.05) is 12.7 Å². The number of nitrogens with zero attached hydrogens (tertiary/aromatic N) is 1. The quantitative estimate of drug-likeness (QED) is 0.348. The molecule has 0 bridgehead atoms. The molecule has 0 atom stereocenters. The number of hydrogen-bond donors (Lipinski definition) is 0.